The minimum Gasteiger partial charge on any atom is -0.297 e. The molecule has 0 aliphatic rings. The standard InChI is InChI=1S/C13H10N3O/c1-10(17)13(11-5-3-2-4-6-11)16-8-7-12(9-14)15-16/h2-8,13H,1H2. The minimum absolute atomic E-state index is 0.260. The molecule has 4 heteroatoms. The van der Waals surface area contributed by atoms with E-state index in [1.165, 1.54) is 4.68 Å². The van der Waals surface area contributed by atoms with Gasteiger partial charge in [-0.25, -0.2) is 0 Å². The van der Waals surface area contributed by atoms with Crippen LogP contribution in [-0.4, -0.2) is 15.6 Å². The van der Waals surface area contributed by atoms with Crippen LogP contribution in [0.3, 0.4) is 0 Å². The summed E-state index contributed by atoms with van der Waals surface area (Å²) in [6.07, 6.45) is 1.61. The van der Waals surface area contributed by atoms with Gasteiger partial charge in [0.1, 0.15) is 12.1 Å². The lowest BCUT2D eigenvalue weighted by Gasteiger charge is -2.14. The first-order valence-corrected chi connectivity index (χ1v) is 5.08. The Morgan fingerprint density at radius 1 is 1.35 bits per heavy atom. The van der Waals surface area contributed by atoms with Crippen LogP contribution >= 0.6 is 0 Å². The van der Waals surface area contributed by atoms with E-state index in [2.05, 4.69) is 12.0 Å². The maximum absolute atomic E-state index is 11.6. The first-order valence-electron chi connectivity index (χ1n) is 5.08. The molecule has 4 nitrogen and oxygen atoms in total. The van der Waals surface area contributed by atoms with E-state index in [1.807, 2.05) is 36.4 Å². The molecule has 1 heterocycles. The van der Waals surface area contributed by atoms with E-state index in [9.17, 15) is 4.79 Å². The summed E-state index contributed by atoms with van der Waals surface area (Å²) < 4.78 is 1.46. The Morgan fingerprint density at radius 2 is 2.06 bits per heavy atom. The Kier molecular flexibility index (Phi) is 3.01. The van der Waals surface area contributed by atoms with Gasteiger partial charge in [-0.05, 0) is 11.6 Å². The fourth-order valence-electron chi connectivity index (χ4n) is 1.66. The predicted molar refractivity (Wildman–Crippen MR) is 61.9 cm³/mol. The maximum atomic E-state index is 11.6. The average molecular weight is 224 g/mol. The van der Waals surface area contributed by atoms with Crippen molar-refractivity contribution in [1.82, 2.24) is 9.78 Å². The first kappa shape index (κ1) is 11.1. The third-order valence-electron chi connectivity index (χ3n) is 2.41. The number of carbonyl (C=O) groups excluding carboxylic acids is 1. The Bertz CT molecular complexity index is 566. The second-order valence-corrected chi connectivity index (χ2v) is 3.57. The number of Topliss-reactive ketones (excluding diaryl/α,β-unsaturated/α-hetero) is 1. The summed E-state index contributed by atoms with van der Waals surface area (Å²) in [5, 5.41) is 12.7. The molecule has 0 N–H and O–H groups in total. The molecular weight excluding hydrogens is 214 g/mol. The van der Waals surface area contributed by atoms with Crippen LogP contribution < -0.4 is 0 Å². The van der Waals surface area contributed by atoms with Gasteiger partial charge in [0.2, 0.25) is 0 Å². The van der Waals surface area contributed by atoms with E-state index < -0.39 is 6.04 Å². The Hall–Kier alpha value is -2.41. The Balaban J connectivity index is 2.44. The third-order valence-corrected chi connectivity index (χ3v) is 2.41. The van der Waals surface area contributed by atoms with E-state index in [1.54, 1.807) is 12.3 Å². The van der Waals surface area contributed by atoms with Crippen molar-refractivity contribution in [3.05, 3.63) is 60.8 Å². The molecule has 1 unspecified atom stereocenters. The molecule has 1 aromatic carbocycles. The SMILES string of the molecule is [CH2]C(=O)C(c1ccccc1)n1ccc(C#N)n1. The van der Waals surface area contributed by atoms with E-state index in [4.69, 9.17) is 5.26 Å². The van der Waals surface area contributed by atoms with Crippen LogP contribution in [0.2, 0.25) is 0 Å². The van der Waals surface area contributed by atoms with Crippen molar-refractivity contribution in [3.63, 3.8) is 0 Å². The maximum Gasteiger partial charge on any atom is 0.162 e. The summed E-state index contributed by atoms with van der Waals surface area (Å²) >= 11 is 0. The summed E-state index contributed by atoms with van der Waals surface area (Å²) in [6, 6.07) is 12.2. The van der Waals surface area contributed by atoms with Crippen molar-refractivity contribution in [2.75, 3.05) is 0 Å². The number of ketones is 1. The predicted octanol–water partition coefficient (Wildman–Crippen LogP) is 1.75. The monoisotopic (exact) mass is 224 g/mol. The lowest BCUT2D eigenvalue weighted by Crippen LogP contribution is -2.19. The molecule has 0 aliphatic heterocycles. The van der Waals surface area contributed by atoms with Crippen LogP contribution in [0.4, 0.5) is 0 Å². The second kappa shape index (κ2) is 4.62. The molecule has 0 saturated heterocycles. The number of hydrogen-bond donors (Lipinski definition) is 0. The molecule has 0 saturated carbocycles. The summed E-state index contributed by atoms with van der Waals surface area (Å²) in [7, 11) is 0. The average Bonchev–Trinajstić information content (AvgIpc) is 2.79. The van der Waals surface area contributed by atoms with Crippen LogP contribution in [0.5, 0.6) is 0 Å². The molecule has 83 valence electrons. The molecule has 0 spiro atoms. The number of carbonyl (C=O) groups is 1. The van der Waals surface area contributed by atoms with E-state index in [0.717, 1.165) is 5.56 Å². The van der Waals surface area contributed by atoms with E-state index >= 15 is 0 Å². The van der Waals surface area contributed by atoms with Crippen molar-refractivity contribution in [1.29, 1.82) is 5.26 Å². The van der Waals surface area contributed by atoms with Crippen molar-refractivity contribution in [2.45, 2.75) is 6.04 Å². The van der Waals surface area contributed by atoms with Gasteiger partial charge in [0, 0.05) is 13.1 Å². The molecule has 1 atom stereocenters. The quantitative estimate of drug-likeness (QED) is 0.798. The number of aromatic nitrogens is 2. The fourth-order valence-corrected chi connectivity index (χ4v) is 1.66. The lowest BCUT2D eigenvalue weighted by atomic mass is 10.0. The zero-order chi connectivity index (χ0) is 12.3. The van der Waals surface area contributed by atoms with Gasteiger partial charge in [-0.15, -0.1) is 0 Å². The highest BCUT2D eigenvalue weighted by molar-refractivity contribution is 5.89. The van der Waals surface area contributed by atoms with Crippen molar-refractivity contribution < 1.29 is 4.79 Å². The number of rotatable bonds is 3. The van der Waals surface area contributed by atoms with Crippen LogP contribution in [0.25, 0.3) is 0 Å². The van der Waals surface area contributed by atoms with Gasteiger partial charge in [0.05, 0.1) is 0 Å². The van der Waals surface area contributed by atoms with Gasteiger partial charge in [-0.1, -0.05) is 30.3 Å². The molecule has 1 aromatic heterocycles. The van der Waals surface area contributed by atoms with E-state index in [0.29, 0.717) is 0 Å². The summed E-state index contributed by atoms with van der Waals surface area (Å²) in [5.74, 6) is -0.260. The van der Waals surface area contributed by atoms with Crippen LogP contribution in [0, 0.1) is 18.3 Å². The zero-order valence-electron chi connectivity index (χ0n) is 9.08. The Morgan fingerprint density at radius 3 is 2.59 bits per heavy atom. The summed E-state index contributed by atoms with van der Waals surface area (Å²) in [5.41, 5.74) is 1.09. The van der Waals surface area contributed by atoms with Crippen molar-refractivity contribution in [3.8, 4) is 6.07 Å². The van der Waals surface area contributed by atoms with Gasteiger partial charge in [-0.2, -0.15) is 10.4 Å². The van der Waals surface area contributed by atoms with Gasteiger partial charge in [0.25, 0.3) is 0 Å². The topological polar surface area (TPSA) is 58.7 Å². The largest absolute Gasteiger partial charge is 0.297 e. The molecule has 0 aliphatic carbocycles. The fraction of sp³-hybridized carbons (Fsp3) is 0.0769. The highest BCUT2D eigenvalue weighted by atomic mass is 16.1. The van der Waals surface area contributed by atoms with Crippen molar-refractivity contribution >= 4 is 5.78 Å². The van der Waals surface area contributed by atoms with Gasteiger partial charge in [-0.3, -0.25) is 9.48 Å². The molecule has 0 bridgehead atoms. The molecule has 1 radical (unpaired) electrons. The minimum atomic E-state index is -0.571. The highest BCUT2D eigenvalue weighted by Crippen LogP contribution is 2.18. The number of nitrogens with zero attached hydrogens (tertiary/aromatic N) is 3. The molecule has 0 fully saturated rings. The normalized spacial score (nSPS) is 11.8. The number of nitriles is 1. The second-order valence-electron chi connectivity index (χ2n) is 3.57. The first-order chi connectivity index (χ1) is 8.22. The van der Waals surface area contributed by atoms with Gasteiger partial charge >= 0.3 is 0 Å². The summed E-state index contributed by atoms with van der Waals surface area (Å²) in [6.45, 7) is 3.44. The van der Waals surface area contributed by atoms with Gasteiger partial charge < -0.3 is 0 Å². The smallest absolute Gasteiger partial charge is 0.162 e. The van der Waals surface area contributed by atoms with Gasteiger partial charge in [0.15, 0.2) is 11.5 Å². The number of benzene rings is 1. The highest BCUT2D eigenvalue weighted by Gasteiger charge is 2.19. The molecule has 2 aromatic rings. The third kappa shape index (κ3) is 2.23. The molecular formula is C13H10N3O. The number of hydrogen-bond acceptors (Lipinski definition) is 3. The van der Waals surface area contributed by atoms with Crippen LogP contribution in [0.1, 0.15) is 17.3 Å². The lowest BCUT2D eigenvalue weighted by molar-refractivity contribution is -0.117. The molecule has 17 heavy (non-hydrogen) atoms. The zero-order valence-corrected chi connectivity index (χ0v) is 9.08. The molecule has 2 rings (SSSR count). The molecule has 0 amide bonds. The van der Waals surface area contributed by atoms with Crippen molar-refractivity contribution in [2.24, 2.45) is 0 Å². The summed E-state index contributed by atoms with van der Waals surface area (Å²) in [4.78, 5) is 11.6. The van der Waals surface area contributed by atoms with Crippen LogP contribution in [0.15, 0.2) is 42.6 Å². The van der Waals surface area contributed by atoms with E-state index in [-0.39, 0.29) is 11.5 Å². The van der Waals surface area contributed by atoms with Crippen LogP contribution in [-0.2, 0) is 4.79 Å². The Labute approximate surface area is 99.1 Å².